The lowest BCUT2D eigenvalue weighted by Gasteiger charge is -2.26. The Balaban J connectivity index is 0.000000861. The van der Waals surface area contributed by atoms with E-state index in [-0.39, 0.29) is 0 Å². The van der Waals surface area contributed by atoms with E-state index in [0.29, 0.717) is 0 Å². The van der Waals surface area contributed by atoms with Crippen LogP contribution in [0, 0.1) is 0 Å². The first-order valence-corrected chi connectivity index (χ1v) is 7.87. The van der Waals surface area contributed by atoms with Gasteiger partial charge in [0.1, 0.15) is 0 Å². The SMILES string of the molecule is CC.CCCCCN1CC=C(c2ccccc2)CC1. The van der Waals surface area contributed by atoms with E-state index >= 15 is 0 Å². The molecule has 0 saturated heterocycles. The van der Waals surface area contributed by atoms with E-state index in [0.717, 1.165) is 6.54 Å². The Labute approximate surface area is 119 Å². The molecule has 0 bridgehead atoms. The summed E-state index contributed by atoms with van der Waals surface area (Å²) in [5.41, 5.74) is 2.93. The molecule has 0 amide bonds. The van der Waals surface area contributed by atoms with Gasteiger partial charge >= 0.3 is 0 Å². The highest BCUT2D eigenvalue weighted by Crippen LogP contribution is 2.21. The molecular weight excluding hydrogens is 230 g/mol. The van der Waals surface area contributed by atoms with E-state index in [1.54, 1.807) is 0 Å². The second kappa shape index (κ2) is 9.80. The van der Waals surface area contributed by atoms with Crippen LogP contribution >= 0.6 is 0 Å². The first-order valence-electron chi connectivity index (χ1n) is 7.87. The van der Waals surface area contributed by atoms with Crippen molar-refractivity contribution in [2.45, 2.75) is 46.5 Å². The fourth-order valence-electron chi connectivity index (χ4n) is 2.41. The minimum atomic E-state index is 1.13. The summed E-state index contributed by atoms with van der Waals surface area (Å²) < 4.78 is 0. The quantitative estimate of drug-likeness (QED) is 0.673. The summed E-state index contributed by atoms with van der Waals surface area (Å²) in [6.45, 7) is 9.90. The predicted molar refractivity (Wildman–Crippen MR) is 86.3 cm³/mol. The molecule has 1 aromatic rings. The van der Waals surface area contributed by atoms with Crippen LogP contribution in [0.3, 0.4) is 0 Å². The van der Waals surface area contributed by atoms with E-state index in [4.69, 9.17) is 0 Å². The first-order chi connectivity index (χ1) is 9.40. The third-order valence-corrected chi connectivity index (χ3v) is 3.52. The lowest BCUT2D eigenvalue weighted by molar-refractivity contribution is 0.294. The van der Waals surface area contributed by atoms with Crippen molar-refractivity contribution in [3.63, 3.8) is 0 Å². The lowest BCUT2D eigenvalue weighted by atomic mass is 9.99. The zero-order valence-corrected chi connectivity index (χ0v) is 12.9. The van der Waals surface area contributed by atoms with Crippen molar-refractivity contribution in [3.8, 4) is 0 Å². The van der Waals surface area contributed by atoms with Crippen molar-refractivity contribution in [3.05, 3.63) is 42.0 Å². The third kappa shape index (κ3) is 5.61. The fourth-order valence-corrected chi connectivity index (χ4v) is 2.41. The van der Waals surface area contributed by atoms with Gasteiger partial charge in [-0.15, -0.1) is 0 Å². The van der Waals surface area contributed by atoms with Crippen LogP contribution in [0.2, 0.25) is 0 Å². The van der Waals surface area contributed by atoms with Crippen LogP contribution in [0.15, 0.2) is 36.4 Å². The van der Waals surface area contributed by atoms with Crippen LogP contribution in [0.5, 0.6) is 0 Å². The maximum Gasteiger partial charge on any atom is 0.0169 e. The summed E-state index contributed by atoms with van der Waals surface area (Å²) >= 11 is 0. The Hall–Kier alpha value is -1.08. The Bertz CT molecular complexity index is 353. The third-order valence-electron chi connectivity index (χ3n) is 3.52. The zero-order valence-electron chi connectivity index (χ0n) is 12.9. The van der Waals surface area contributed by atoms with Crippen molar-refractivity contribution in [2.75, 3.05) is 19.6 Å². The summed E-state index contributed by atoms with van der Waals surface area (Å²) in [7, 11) is 0. The van der Waals surface area contributed by atoms with Gasteiger partial charge in [0.15, 0.2) is 0 Å². The molecule has 1 heteroatoms. The van der Waals surface area contributed by atoms with Gasteiger partial charge in [-0.2, -0.15) is 0 Å². The first kappa shape index (κ1) is 16.0. The van der Waals surface area contributed by atoms with Gasteiger partial charge in [0.25, 0.3) is 0 Å². The molecule has 0 aromatic heterocycles. The average Bonchev–Trinajstić information content (AvgIpc) is 2.51. The van der Waals surface area contributed by atoms with Gasteiger partial charge in [-0.05, 0) is 30.5 Å². The van der Waals surface area contributed by atoms with Crippen molar-refractivity contribution in [2.24, 2.45) is 0 Å². The molecule has 0 fully saturated rings. The molecule has 0 radical (unpaired) electrons. The highest BCUT2D eigenvalue weighted by molar-refractivity contribution is 5.66. The van der Waals surface area contributed by atoms with Gasteiger partial charge in [-0.3, -0.25) is 4.90 Å². The Morgan fingerprint density at radius 1 is 1.05 bits per heavy atom. The zero-order chi connectivity index (χ0) is 13.9. The standard InChI is InChI=1S/C16H23N.C2H6/c1-2-3-7-12-17-13-10-16(11-14-17)15-8-5-4-6-9-15;1-2/h4-6,8-10H,2-3,7,11-14H2,1H3;1-2H3. The van der Waals surface area contributed by atoms with Crippen molar-refractivity contribution >= 4 is 5.57 Å². The van der Waals surface area contributed by atoms with Gasteiger partial charge in [-0.25, -0.2) is 0 Å². The Morgan fingerprint density at radius 2 is 1.79 bits per heavy atom. The molecule has 1 aliphatic rings. The molecule has 1 aliphatic heterocycles. The number of hydrogen-bond donors (Lipinski definition) is 0. The van der Waals surface area contributed by atoms with Crippen LogP contribution in [0.25, 0.3) is 5.57 Å². The Kier molecular flexibility index (Phi) is 8.24. The molecule has 0 saturated carbocycles. The van der Waals surface area contributed by atoms with Crippen molar-refractivity contribution < 1.29 is 0 Å². The van der Waals surface area contributed by atoms with Crippen LogP contribution in [-0.4, -0.2) is 24.5 Å². The van der Waals surface area contributed by atoms with Crippen LogP contribution in [0.4, 0.5) is 0 Å². The topological polar surface area (TPSA) is 3.24 Å². The molecule has 0 aliphatic carbocycles. The summed E-state index contributed by atoms with van der Waals surface area (Å²) in [6, 6.07) is 10.8. The minimum Gasteiger partial charge on any atom is -0.299 e. The highest BCUT2D eigenvalue weighted by Gasteiger charge is 2.11. The Morgan fingerprint density at radius 3 is 2.37 bits per heavy atom. The molecular formula is C18H29N. The smallest absolute Gasteiger partial charge is 0.0169 e. The summed E-state index contributed by atoms with van der Waals surface area (Å²) in [5, 5.41) is 0. The number of rotatable bonds is 5. The predicted octanol–water partition coefficient (Wildman–Crippen LogP) is 4.99. The van der Waals surface area contributed by atoms with E-state index in [9.17, 15) is 0 Å². The molecule has 1 heterocycles. The largest absolute Gasteiger partial charge is 0.299 e. The van der Waals surface area contributed by atoms with Gasteiger partial charge in [0.2, 0.25) is 0 Å². The lowest BCUT2D eigenvalue weighted by Crippen LogP contribution is -2.29. The number of hydrogen-bond acceptors (Lipinski definition) is 1. The molecule has 1 aromatic carbocycles. The van der Waals surface area contributed by atoms with E-state index in [1.807, 2.05) is 13.8 Å². The minimum absolute atomic E-state index is 1.13. The van der Waals surface area contributed by atoms with Crippen molar-refractivity contribution in [1.82, 2.24) is 4.90 Å². The molecule has 106 valence electrons. The summed E-state index contributed by atoms with van der Waals surface area (Å²) in [4.78, 5) is 2.57. The van der Waals surface area contributed by atoms with E-state index in [2.05, 4.69) is 48.2 Å². The van der Waals surface area contributed by atoms with E-state index < -0.39 is 0 Å². The number of nitrogens with zero attached hydrogens (tertiary/aromatic N) is 1. The molecule has 2 rings (SSSR count). The average molecular weight is 259 g/mol. The van der Waals surface area contributed by atoms with Gasteiger partial charge in [0, 0.05) is 13.1 Å². The summed E-state index contributed by atoms with van der Waals surface area (Å²) in [5.74, 6) is 0. The normalized spacial score (nSPS) is 15.4. The molecule has 0 atom stereocenters. The second-order valence-electron chi connectivity index (χ2n) is 4.85. The maximum absolute atomic E-state index is 2.57. The second-order valence-corrected chi connectivity index (χ2v) is 4.85. The molecule has 1 nitrogen and oxygen atoms in total. The molecule has 0 spiro atoms. The van der Waals surface area contributed by atoms with Crippen LogP contribution in [-0.2, 0) is 0 Å². The molecule has 0 unspecified atom stereocenters. The number of benzene rings is 1. The number of unbranched alkanes of at least 4 members (excludes halogenated alkanes) is 2. The van der Waals surface area contributed by atoms with Crippen LogP contribution in [0.1, 0.15) is 52.0 Å². The van der Waals surface area contributed by atoms with Crippen molar-refractivity contribution in [1.29, 1.82) is 0 Å². The van der Waals surface area contributed by atoms with E-state index in [1.165, 1.54) is 49.9 Å². The van der Waals surface area contributed by atoms with Gasteiger partial charge < -0.3 is 0 Å². The molecule has 19 heavy (non-hydrogen) atoms. The fraction of sp³-hybridized carbons (Fsp3) is 0.556. The van der Waals surface area contributed by atoms with Crippen LogP contribution < -0.4 is 0 Å². The maximum atomic E-state index is 2.57. The van der Waals surface area contributed by atoms with Gasteiger partial charge in [0.05, 0.1) is 0 Å². The molecule has 0 N–H and O–H groups in total. The monoisotopic (exact) mass is 259 g/mol. The van der Waals surface area contributed by atoms with Gasteiger partial charge in [-0.1, -0.05) is 70.0 Å². The summed E-state index contributed by atoms with van der Waals surface area (Å²) in [6.07, 6.45) is 7.65. The highest BCUT2D eigenvalue weighted by atomic mass is 15.1.